The first-order valence-electron chi connectivity index (χ1n) is 26.6. The fourth-order valence-electron chi connectivity index (χ4n) is 7.65. The lowest BCUT2D eigenvalue weighted by Crippen LogP contribution is -2.45. The summed E-state index contributed by atoms with van der Waals surface area (Å²) in [5, 5.41) is 23.0. The fraction of sp³-hybridized carbons (Fsp3) is 0.786. The standard InChI is InChI=1S/C56H101NO5/c1-3-5-7-9-11-13-15-17-19-21-24-28-32-36-40-44-48-54(59)53(52-58)57-55(60)49-45-41-37-33-29-25-23-27-31-35-39-43-47-51-62-56(61)50-46-42-38-34-30-26-22-20-18-16-14-12-10-8-6-4-2/h14,16,20,22,25,29,37,41,44,48,53-54,58-59H,3-13,15,17-19,21,23-24,26-28,30-36,38-40,42-43,45-47,49-52H2,1-2H3,(H,57,60)/b16-14-,22-20-,29-25-,41-37-,48-44+. The molecule has 0 spiro atoms. The van der Waals surface area contributed by atoms with Crippen LogP contribution in [0.4, 0.5) is 0 Å². The lowest BCUT2D eigenvalue weighted by atomic mass is 10.0. The predicted molar refractivity (Wildman–Crippen MR) is 268 cm³/mol. The Balaban J connectivity index is 3.60. The van der Waals surface area contributed by atoms with E-state index < -0.39 is 12.1 Å². The van der Waals surface area contributed by atoms with Crippen molar-refractivity contribution >= 4 is 11.9 Å². The van der Waals surface area contributed by atoms with Crippen LogP contribution in [0.25, 0.3) is 0 Å². The number of unbranched alkanes of at least 4 members (excludes halogenated alkanes) is 29. The summed E-state index contributed by atoms with van der Waals surface area (Å²) in [6.07, 6.45) is 65.2. The highest BCUT2D eigenvalue weighted by Gasteiger charge is 2.17. The normalized spacial score (nSPS) is 13.2. The summed E-state index contributed by atoms with van der Waals surface area (Å²) in [7, 11) is 0. The van der Waals surface area contributed by atoms with Gasteiger partial charge >= 0.3 is 5.97 Å². The van der Waals surface area contributed by atoms with Crippen LogP contribution in [0.2, 0.25) is 0 Å². The number of aliphatic hydroxyl groups excluding tert-OH is 2. The first-order chi connectivity index (χ1) is 30.5. The van der Waals surface area contributed by atoms with Crippen molar-refractivity contribution in [3.63, 3.8) is 0 Å². The molecule has 3 N–H and O–H groups in total. The zero-order valence-corrected chi connectivity index (χ0v) is 40.8. The first-order valence-corrected chi connectivity index (χ1v) is 26.6. The highest BCUT2D eigenvalue weighted by atomic mass is 16.5. The Morgan fingerprint density at radius 2 is 0.823 bits per heavy atom. The van der Waals surface area contributed by atoms with E-state index in [0.717, 1.165) is 64.2 Å². The summed E-state index contributed by atoms with van der Waals surface area (Å²) in [6.45, 7) is 4.80. The monoisotopic (exact) mass is 868 g/mol. The van der Waals surface area contributed by atoms with Gasteiger partial charge in [0.1, 0.15) is 0 Å². The minimum atomic E-state index is -0.881. The van der Waals surface area contributed by atoms with Crippen molar-refractivity contribution < 1.29 is 24.5 Å². The predicted octanol–water partition coefficient (Wildman–Crippen LogP) is 16.0. The molecule has 0 aliphatic rings. The quantitative estimate of drug-likeness (QED) is 0.0322. The van der Waals surface area contributed by atoms with Crippen LogP contribution in [0.3, 0.4) is 0 Å². The summed E-state index contributed by atoms with van der Waals surface area (Å²) in [5.41, 5.74) is 0. The van der Waals surface area contributed by atoms with Gasteiger partial charge in [-0.3, -0.25) is 9.59 Å². The van der Waals surface area contributed by atoms with E-state index in [-0.39, 0.29) is 18.5 Å². The van der Waals surface area contributed by atoms with Crippen LogP contribution >= 0.6 is 0 Å². The molecule has 2 atom stereocenters. The zero-order valence-electron chi connectivity index (χ0n) is 40.8. The van der Waals surface area contributed by atoms with Gasteiger partial charge in [0.2, 0.25) is 5.91 Å². The maximum Gasteiger partial charge on any atom is 0.305 e. The second kappa shape index (κ2) is 51.2. The van der Waals surface area contributed by atoms with E-state index in [1.807, 2.05) is 12.2 Å². The number of hydrogen-bond donors (Lipinski definition) is 3. The summed E-state index contributed by atoms with van der Waals surface area (Å²) in [5.74, 6) is -0.183. The summed E-state index contributed by atoms with van der Waals surface area (Å²) >= 11 is 0. The Labute approximate surface area is 384 Å². The molecule has 0 saturated carbocycles. The molecule has 0 heterocycles. The SMILES string of the molecule is CCCCCC/C=C\C/C=C\CCCCCCCC(=O)OCCCCCCCC/C=C\C/C=C\CCC(=O)NC(CO)C(O)/C=C/CCCCCCCCCCCCCCCC. The molecule has 0 aromatic heterocycles. The van der Waals surface area contributed by atoms with E-state index in [9.17, 15) is 19.8 Å². The van der Waals surface area contributed by atoms with Crippen LogP contribution < -0.4 is 5.32 Å². The van der Waals surface area contributed by atoms with Gasteiger partial charge in [0.05, 0.1) is 25.4 Å². The van der Waals surface area contributed by atoms with Crippen LogP contribution in [0, 0.1) is 0 Å². The highest BCUT2D eigenvalue weighted by Crippen LogP contribution is 2.15. The zero-order chi connectivity index (χ0) is 45.1. The van der Waals surface area contributed by atoms with Crippen molar-refractivity contribution in [2.75, 3.05) is 13.2 Å². The highest BCUT2D eigenvalue weighted by molar-refractivity contribution is 5.76. The number of carbonyl (C=O) groups is 2. The number of amides is 1. The second-order valence-electron chi connectivity index (χ2n) is 17.8. The molecule has 0 radical (unpaired) electrons. The molecule has 0 rings (SSSR count). The third kappa shape index (κ3) is 47.0. The maximum atomic E-state index is 12.4. The van der Waals surface area contributed by atoms with Gasteiger partial charge in [-0.05, 0) is 83.5 Å². The molecule has 0 saturated heterocycles. The molecule has 0 aromatic carbocycles. The van der Waals surface area contributed by atoms with Gasteiger partial charge in [-0.2, -0.15) is 0 Å². The van der Waals surface area contributed by atoms with E-state index in [4.69, 9.17) is 4.74 Å². The second-order valence-corrected chi connectivity index (χ2v) is 17.8. The maximum absolute atomic E-state index is 12.4. The van der Waals surface area contributed by atoms with Gasteiger partial charge < -0.3 is 20.3 Å². The van der Waals surface area contributed by atoms with Crippen LogP contribution in [0.5, 0.6) is 0 Å². The number of esters is 1. The van der Waals surface area contributed by atoms with E-state index in [1.54, 1.807) is 6.08 Å². The van der Waals surface area contributed by atoms with Gasteiger partial charge in [0.25, 0.3) is 0 Å². The molecular formula is C56H101NO5. The molecule has 0 aromatic rings. The Morgan fingerprint density at radius 1 is 0.452 bits per heavy atom. The molecule has 1 amide bonds. The number of carbonyl (C=O) groups excluding carboxylic acids is 2. The Kier molecular flexibility index (Phi) is 49.2. The van der Waals surface area contributed by atoms with Gasteiger partial charge in [-0.1, -0.05) is 222 Å². The molecule has 360 valence electrons. The van der Waals surface area contributed by atoms with E-state index in [1.165, 1.54) is 161 Å². The third-order valence-corrected chi connectivity index (χ3v) is 11.8. The smallest absolute Gasteiger partial charge is 0.305 e. The van der Waals surface area contributed by atoms with E-state index in [0.29, 0.717) is 25.9 Å². The topological polar surface area (TPSA) is 95.9 Å². The minimum Gasteiger partial charge on any atom is -0.466 e. The molecule has 0 bridgehead atoms. The number of aliphatic hydroxyl groups is 2. The number of hydrogen-bond acceptors (Lipinski definition) is 5. The Bertz CT molecular complexity index is 1090. The third-order valence-electron chi connectivity index (χ3n) is 11.8. The van der Waals surface area contributed by atoms with Crippen LogP contribution in [0.15, 0.2) is 60.8 Å². The van der Waals surface area contributed by atoms with Crippen LogP contribution in [-0.4, -0.2) is 47.4 Å². The van der Waals surface area contributed by atoms with Crippen molar-refractivity contribution in [1.82, 2.24) is 5.32 Å². The van der Waals surface area contributed by atoms with Gasteiger partial charge in [0.15, 0.2) is 0 Å². The van der Waals surface area contributed by atoms with Crippen molar-refractivity contribution in [3.05, 3.63) is 60.8 Å². The molecule has 6 heteroatoms. The molecule has 6 nitrogen and oxygen atoms in total. The molecule has 0 fully saturated rings. The lowest BCUT2D eigenvalue weighted by Gasteiger charge is -2.19. The Hall–Kier alpha value is -2.44. The molecular weight excluding hydrogens is 767 g/mol. The number of ether oxygens (including phenoxy) is 1. The number of rotatable bonds is 48. The minimum absolute atomic E-state index is 0.0329. The van der Waals surface area contributed by atoms with Crippen molar-refractivity contribution in [2.45, 2.75) is 270 Å². The number of nitrogens with one attached hydrogen (secondary N) is 1. The van der Waals surface area contributed by atoms with Crippen molar-refractivity contribution in [3.8, 4) is 0 Å². The van der Waals surface area contributed by atoms with E-state index >= 15 is 0 Å². The van der Waals surface area contributed by atoms with Crippen molar-refractivity contribution in [1.29, 1.82) is 0 Å². The van der Waals surface area contributed by atoms with E-state index in [2.05, 4.69) is 61.7 Å². The Morgan fingerprint density at radius 3 is 1.27 bits per heavy atom. The summed E-state index contributed by atoms with van der Waals surface area (Å²) in [4.78, 5) is 24.4. The fourth-order valence-corrected chi connectivity index (χ4v) is 7.65. The summed E-state index contributed by atoms with van der Waals surface area (Å²) < 4.78 is 5.45. The molecule has 0 aliphatic carbocycles. The lowest BCUT2D eigenvalue weighted by molar-refractivity contribution is -0.143. The van der Waals surface area contributed by atoms with Crippen molar-refractivity contribution in [2.24, 2.45) is 0 Å². The van der Waals surface area contributed by atoms with Gasteiger partial charge in [-0.25, -0.2) is 0 Å². The largest absolute Gasteiger partial charge is 0.466 e. The average Bonchev–Trinajstić information content (AvgIpc) is 3.27. The van der Waals surface area contributed by atoms with Crippen LogP contribution in [0.1, 0.15) is 258 Å². The van der Waals surface area contributed by atoms with Gasteiger partial charge in [-0.15, -0.1) is 0 Å². The first kappa shape index (κ1) is 59.6. The molecule has 62 heavy (non-hydrogen) atoms. The van der Waals surface area contributed by atoms with Gasteiger partial charge in [0, 0.05) is 12.8 Å². The van der Waals surface area contributed by atoms with Crippen LogP contribution in [-0.2, 0) is 14.3 Å². The number of allylic oxidation sites excluding steroid dienone is 9. The molecule has 0 aliphatic heterocycles. The summed E-state index contributed by atoms with van der Waals surface area (Å²) in [6, 6.07) is -0.674. The average molecular weight is 868 g/mol. The molecule has 2 unspecified atom stereocenters.